The first-order valence-corrected chi connectivity index (χ1v) is 13.0. The standard InChI is InChI=1S/C29H29N3O5S/c1-32(28(35)22(17-27(33)34)16-20-8-4-3-5-9-20)29-31-25(19-38-29)24-11-7-6-10-23(24)21-12-13-26(30-18-21)37-15-14-36-2/h3-13,18-19,22H,14-17H2,1-2H3,(H,33,34)/t22-/m1/s1. The Morgan fingerprint density at radius 2 is 1.74 bits per heavy atom. The fourth-order valence-electron chi connectivity index (χ4n) is 4.08. The maximum absolute atomic E-state index is 13.3. The van der Waals surface area contributed by atoms with Gasteiger partial charge in [-0.15, -0.1) is 11.3 Å². The quantitative estimate of drug-likeness (QED) is 0.251. The number of amides is 1. The summed E-state index contributed by atoms with van der Waals surface area (Å²) in [6.07, 6.45) is 1.84. The Morgan fingerprint density at radius 1 is 1.00 bits per heavy atom. The van der Waals surface area contributed by atoms with Crippen LogP contribution >= 0.6 is 11.3 Å². The second-order valence-corrected chi connectivity index (χ2v) is 9.51. The van der Waals surface area contributed by atoms with E-state index in [1.165, 1.54) is 16.2 Å². The highest BCUT2D eigenvalue weighted by atomic mass is 32.1. The van der Waals surface area contributed by atoms with Crippen LogP contribution < -0.4 is 9.64 Å². The van der Waals surface area contributed by atoms with Crippen molar-refractivity contribution >= 4 is 28.3 Å². The highest BCUT2D eigenvalue weighted by Crippen LogP contribution is 2.35. The number of rotatable bonds is 12. The van der Waals surface area contributed by atoms with E-state index in [1.54, 1.807) is 20.4 Å². The van der Waals surface area contributed by atoms with Gasteiger partial charge in [-0.1, -0.05) is 54.6 Å². The van der Waals surface area contributed by atoms with Gasteiger partial charge >= 0.3 is 5.97 Å². The Bertz CT molecular complexity index is 1360. The minimum absolute atomic E-state index is 0.253. The maximum Gasteiger partial charge on any atom is 0.304 e. The van der Waals surface area contributed by atoms with Gasteiger partial charge in [0.15, 0.2) is 5.13 Å². The van der Waals surface area contributed by atoms with Crippen molar-refractivity contribution in [1.29, 1.82) is 0 Å². The molecule has 9 heteroatoms. The molecule has 2 heterocycles. The van der Waals surface area contributed by atoms with Crippen molar-refractivity contribution in [3.8, 4) is 28.3 Å². The third-order valence-electron chi connectivity index (χ3n) is 5.99. The Labute approximate surface area is 225 Å². The molecule has 0 spiro atoms. The molecule has 0 aliphatic rings. The van der Waals surface area contributed by atoms with Gasteiger partial charge in [-0.3, -0.25) is 14.5 Å². The SMILES string of the molecule is COCCOc1ccc(-c2ccccc2-c2csc(N(C)C(=O)[C@@H](CC(=O)O)Cc3ccccc3)n2)cn1. The Balaban J connectivity index is 1.54. The van der Waals surface area contributed by atoms with E-state index in [0.717, 1.165) is 27.9 Å². The molecule has 196 valence electrons. The summed E-state index contributed by atoms with van der Waals surface area (Å²) in [4.78, 5) is 35.5. The lowest BCUT2D eigenvalue weighted by Crippen LogP contribution is -2.35. The summed E-state index contributed by atoms with van der Waals surface area (Å²) in [6, 6.07) is 21.0. The number of hydrogen-bond acceptors (Lipinski definition) is 7. The molecule has 0 saturated heterocycles. The summed E-state index contributed by atoms with van der Waals surface area (Å²) >= 11 is 1.34. The van der Waals surface area contributed by atoms with Gasteiger partial charge in [-0.05, 0) is 23.6 Å². The van der Waals surface area contributed by atoms with E-state index >= 15 is 0 Å². The zero-order chi connectivity index (χ0) is 26.9. The number of thiazole rings is 1. The van der Waals surface area contributed by atoms with Crippen LogP contribution in [0.2, 0.25) is 0 Å². The number of aliphatic carboxylic acids is 1. The van der Waals surface area contributed by atoms with Gasteiger partial charge in [-0.25, -0.2) is 9.97 Å². The minimum atomic E-state index is -1.01. The van der Waals surface area contributed by atoms with E-state index < -0.39 is 11.9 Å². The largest absolute Gasteiger partial charge is 0.481 e. The zero-order valence-electron chi connectivity index (χ0n) is 21.2. The molecule has 0 aliphatic heterocycles. The number of anilines is 1. The van der Waals surface area contributed by atoms with E-state index in [0.29, 0.717) is 30.6 Å². The van der Waals surface area contributed by atoms with Crippen LogP contribution in [0.25, 0.3) is 22.4 Å². The Hall–Kier alpha value is -4.08. The number of nitrogens with zero attached hydrogens (tertiary/aromatic N) is 3. The van der Waals surface area contributed by atoms with Crippen LogP contribution in [0, 0.1) is 5.92 Å². The van der Waals surface area contributed by atoms with Crippen LogP contribution in [-0.4, -0.2) is 54.3 Å². The molecule has 0 unspecified atom stereocenters. The summed E-state index contributed by atoms with van der Waals surface area (Å²) in [6.45, 7) is 0.907. The molecular weight excluding hydrogens is 502 g/mol. The molecule has 2 aromatic heterocycles. The van der Waals surface area contributed by atoms with Gasteiger partial charge in [-0.2, -0.15) is 0 Å². The van der Waals surface area contributed by atoms with E-state index in [2.05, 4.69) is 4.98 Å². The van der Waals surface area contributed by atoms with Crippen LogP contribution in [-0.2, 0) is 20.7 Å². The molecule has 0 radical (unpaired) electrons. The van der Waals surface area contributed by atoms with E-state index in [4.69, 9.17) is 14.5 Å². The van der Waals surface area contributed by atoms with Crippen molar-refractivity contribution in [2.45, 2.75) is 12.8 Å². The molecule has 2 aromatic carbocycles. The van der Waals surface area contributed by atoms with Crippen LogP contribution in [0.4, 0.5) is 5.13 Å². The second-order valence-electron chi connectivity index (χ2n) is 8.67. The summed E-state index contributed by atoms with van der Waals surface area (Å²) in [7, 11) is 3.26. The lowest BCUT2D eigenvalue weighted by molar-refractivity contribution is -0.140. The van der Waals surface area contributed by atoms with Gasteiger partial charge in [0.25, 0.3) is 0 Å². The smallest absolute Gasteiger partial charge is 0.304 e. The molecule has 4 aromatic rings. The Morgan fingerprint density at radius 3 is 2.42 bits per heavy atom. The molecule has 1 amide bonds. The van der Waals surface area contributed by atoms with Crippen molar-refractivity contribution in [1.82, 2.24) is 9.97 Å². The zero-order valence-corrected chi connectivity index (χ0v) is 22.1. The summed E-state index contributed by atoms with van der Waals surface area (Å²) in [5, 5.41) is 11.8. The molecule has 0 saturated carbocycles. The fourth-order valence-corrected chi connectivity index (χ4v) is 4.87. The summed E-state index contributed by atoms with van der Waals surface area (Å²) in [5.74, 6) is -1.47. The average molecular weight is 532 g/mol. The number of carbonyl (C=O) groups is 2. The highest BCUT2D eigenvalue weighted by molar-refractivity contribution is 7.14. The molecule has 1 atom stereocenters. The number of carboxylic acids is 1. The maximum atomic E-state index is 13.3. The number of carboxylic acid groups (broad SMARTS) is 1. The van der Waals surface area contributed by atoms with Crippen molar-refractivity contribution in [2.75, 3.05) is 32.3 Å². The molecule has 4 rings (SSSR count). The summed E-state index contributed by atoms with van der Waals surface area (Å²) in [5.41, 5.74) is 4.39. The average Bonchev–Trinajstić information content (AvgIpc) is 3.43. The minimum Gasteiger partial charge on any atom is -0.481 e. The number of hydrogen-bond donors (Lipinski definition) is 1. The topological polar surface area (TPSA) is 102 Å². The predicted octanol–water partition coefficient (Wildman–Crippen LogP) is 5.19. The monoisotopic (exact) mass is 531 g/mol. The van der Waals surface area contributed by atoms with Crippen molar-refractivity contribution in [3.05, 3.63) is 83.9 Å². The van der Waals surface area contributed by atoms with E-state index in [9.17, 15) is 14.7 Å². The van der Waals surface area contributed by atoms with Crippen LogP contribution in [0.3, 0.4) is 0 Å². The molecule has 8 nitrogen and oxygen atoms in total. The van der Waals surface area contributed by atoms with E-state index in [-0.39, 0.29) is 12.3 Å². The first-order chi connectivity index (χ1) is 18.5. The van der Waals surface area contributed by atoms with Gasteiger partial charge in [0, 0.05) is 42.9 Å². The lowest BCUT2D eigenvalue weighted by atomic mass is 9.95. The fraction of sp³-hybridized carbons (Fsp3) is 0.241. The third-order valence-corrected chi connectivity index (χ3v) is 6.91. The van der Waals surface area contributed by atoms with E-state index in [1.807, 2.05) is 72.1 Å². The van der Waals surface area contributed by atoms with Crippen molar-refractivity contribution in [3.63, 3.8) is 0 Å². The molecule has 0 bridgehead atoms. The predicted molar refractivity (Wildman–Crippen MR) is 147 cm³/mol. The lowest BCUT2D eigenvalue weighted by Gasteiger charge is -2.21. The molecule has 1 N–H and O–H groups in total. The van der Waals surface area contributed by atoms with Crippen LogP contribution in [0.5, 0.6) is 5.88 Å². The van der Waals surface area contributed by atoms with Crippen molar-refractivity contribution < 1.29 is 24.2 Å². The number of pyridine rings is 1. The Kier molecular flexibility index (Phi) is 9.18. The third kappa shape index (κ3) is 6.81. The normalized spacial score (nSPS) is 11.6. The first-order valence-electron chi connectivity index (χ1n) is 12.1. The number of benzene rings is 2. The van der Waals surface area contributed by atoms with Gasteiger partial charge in [0.2, 0.25) is 11.8 Å². The summed E-state index contributed by atoms with van der Waals surface area (Å²) < 4.78 is 10.6. The van der Waals surface area contributed by atoms with Gasteiger partial charge < -0.3 is 14.6 Å². The first kappa shape index (κ1) is 27.0. The number of methoxy groups -OCH3 is 1. The van der Waals surface area contributed by atoms with Gasteiger partial charge in [0.1, 0.15) is 6.61 Å². The van der Waals surface area contributed by atoms with Crippen molar-refractivity contribution in [2.24, 2.45) is 5.92 Å². The molecule has 38 heavy (non-hydrogen) atoms. The van der Waals surface area contributed by atoms with Crippen LogP contribution in [0.1, 0.15) is 12.0 Å². The number of carbonyl (C=O) groups excluding carboxylic acids is 1. The molecule has 0 fully saturated rings. The number of aromatic nitrogens is 2. The number of ether oxygens (including phenoxy) is 2. The highest BCUT2D eigenvalue weighted by Gasteiger charge is 2.27. The van der Waals surface area contributed by atoms with Crippen LogP contribution in [0.15, 0.2) is 78.3 Å². The molecule has 0 aliphatic carbocycles. The molecular formula is C29H29N3O5S. The van der Waals surface area contributed by atoms with Gasteiger partial charge in [0.05, 0.1) is 24.6 Å². The second kappa shape index (κ2) is 12.9.